The lowest BCUT2D eigenvalue weighted by Gasteiger charge is -2.30. The fourth-order valence-electron chi connectivity index (χ4n) is 3.59. The summed E-state index contributed by atoms with van der Waals surface area (Å²) in [6.07, 6.45) is 3.16. The molecule has 0 spiro atoms. The molecule has 1 saturated heterocycles. The van der Waals surface area contributed by atoms with E-state index < -0.39 is 0 Å². The number of hydrogen-bond acceptors (Lipinski definition) is 4. The second kappa shape index (κ2) is 5.21. The van der Waals surface area contributed by atoms with E-state index in [9.17, 15) is 4.79 Å². The lowest BCUT2D eigenvalue weighted by atomic mass is 10.1. The van der Waals surface area contributed by atoms with Crippen molar-refractivity contribution >= 4 is 5.65 Å². The zero-order valence-electron chi connectivity index (χ0n) is 13.2. The number of nitrogens with one attached hydrogen (secondary N) is 2. The normalized spacial score (nSPS) is 22.6. The first-order valence-electron chi connectivity index (χ1n) is 8.24. The highest BCUT2D eigenvalue weighted by Crippen LogP contribution is 2.23. The molecule has 6 heteroatoms. The summed E-state index contributed by atoms with van der Waals surface area (Å²) in [6.45, 7) is 7.08. The summed E-state index contributed by atoms with van der Waals surface area (Å²) >= 11 is 0. The molecular weight excluding hydrogens is 278 g/mol. The summed E-state index contributed by atoms with van der Waals surface area (Å²) in [7, 11) is 0. The summed E-state index contributed by atoms with van der Waals surface area (Å²) in [5.41, 5.74) is 3.72. The molecule has 0 aromatic carbocycles. The van der Waals surface area contributed by atoms with Gasteiger partial charge in [0.15, 0.2) is 5.65 Å². The molecule has 0 radical (unpaired) electrons. The Morgan fingerprint density at radius 1 is 1.41 bits per heavy atom. The number of hydrogen-bond donors (Lipinski definition) is 2. The number of nitrogens with zero attached hydrogens (tertiary/aromatic N) is 3. The van der Waals surface area contributed by atoms with Gasteiger partial charge in [0.25, 0.3) is 5.56 Å². The van der Waals surface area contributed by atoms with Gasteiger partial charge in [-0.05, 0) is 33.2 Å². The highest BCUT2D eigenvalue weighted by atomic mass is 16.1. The van der Waals surface area contributed by atoms with Crippen LogP contribution in [0.4, 0.5) is 0 Å². The maximum Gasteiger partial charge on any atom is 0.277 e. The van der Waals surface area contributed by atoms with Crippen LogP contribution in [-0.4, -0.2) is 38.6 Å². The number of H-pyrrole nitrogens is 1. The monoisotopic (exact) mass is 301 g/mol. The molecule has 0 amide bonds. The molecule has 2 aromatic rings. The lowest BCUT2D eigenvalue weighted by molar-refractivity contribution is 0.200. The van der Waals surface area contributed by atoms with Crippen molar-refractivity contribution in [1.82, 2.24) is 24.8 Å². The average Bonchev–Trinajstić information content (AvgIpc) is 3.15. The summed E-state index contributed by atoms with van der Waals surface area (Å²) in [5, 5.41) is 6.72. The Morgan fingerprint density at radius 2 is 2.27 bits per heavy atom. The number of aromatic nitrogens is 3. The van der Waals surface area contributed by atoms with Crippen LogP contribution < -0.4 is 10.9 Å². The summed E-state index contributed by atoms with van der Waals surface area (Å²) in [6, 6.07) is 2.81. The third-order valence-corrected chi connectivity index (χ3v) is 4.98. The molecule has 2 N–H and O–H groups in total. The Kier molecular flexibility index (Phi) is 3.31. The van der Waals surface area contributed by atoms with E-state index in [2.05, 4.69) is 29.2 Å². The molecule has 4 heterocycles. The van der Waals surface area contributed by atoms with Crippen LogP contribution in [0.25, 0.3) is 5.65 Å². The van der Waals surface area contributed by atoms with Crippen LogP contribution in [-0.2, 0) is 13.0 Å². The first-order chi connectivity index (χ1) is 10.6. The highest BCUT2D eigenvalue weighted by molar-refractivity contribution is 5.43. The van der Waals surface area contributed by atoms with Gasteiger partial charge in [0.2, 0.25) is 0 Å². The van der Waals surface area contributed by atoms with Crippen LogP contribution in [0.15, 0.2) is 10.9 Å². The van der Waals surface area contributed by atoms with Gasteiger partial charge >= 0.3 is 0 Å². The Bertz CT molecular complexity index is 754. The Balaban J connectivity index is 1.78. The van der Waals surface area contributed by atoms with E-state index in [0.29, 0.717) is 18.6 Å². The predicted molar refractivity (Wildman–Crippen MR) is 85.0 cm³/mol. The Labute approximate surface area is 129 Å². The zero-order valence-corrected chi connectivity index (χ0v) is 13.2. The average molecular weight is 301 g/mol. The molecule has 1 atom stereocenters. The lowest BCUT2D eigenvalue weighted by Crippen LogP contribution is -2.40. The second-order valence-corrected chi connectivity index (χ2v) is 6.71. The SMILES string of the molecule is CC(C)N1CCc2nc3cc([C@@H]4CCCN4)[nH]n3c(=O)c2C1. The molecule has 1 fully saturated rings. The molecule has 2 aromatic heterocycles. The van der Waals surface area contributed by atoms with Crippen molar-refractivity contribution < 1.29 is 0 Å². The van der Waals surface area contributed by atoms with Gasteiger partial charge in [-0.2, -0.15) is 0 Å². The Hall–Kier alpha value is -1.66. The summed E-state index contributed by atoms with van der Waals surface area (Å²) < 4.78 is 1.62. The van der Waals surface area contributed by atoms with Crippen molar-refractivity contribution in [3.8, 4) is 0 Å². The quantitative estimate of drug-likeness (QED) is 0.875. The topological polar surface area (TPSA) is 65.4 Å². The molecule has 2 aliphatic rings. The summed E-state index contributed by atoms with van der Waals surface area (Å²) in [5.74, 6) is 0. The van der Waals surface area contributed by atoms with Crippen LogP contribution in [0, 0.1) is 0 Å². The van der Waals surface area contributed by atoms with Crippen molar-refractivity contribution in [2.75, 3.05) is 13.1 Å². The minimum atomic E-state index is 0.0644. The fraction of sp³-hybridized carbons (Fsp3) is 0.625. The van der Waals surface area contributed by atoms with E-state index in [1.807, 2.05) is 6.07 Å². The van der Waals surface area contributed by atoms with Gasteiger partial charge in [-0.3, -0.25) is 14.8 Å². The maximum absolute atomic E-state index is 12.8. The highest BCUT2D eigenvalue weighted by Gasteiger charge is 2.25. The van der Waals surface area contributed by atoms with Gasteiger partial charge < -0.3 is 5.32 Å². The van der Waals surface area contributed by atoms with Crippen molar-refractivity contribution in [2.45, 2.75) is 51.7 Å². The predicted octanol–water partition coefficient (Wildman–Crippen LogP) is 1.21. The van der Waals surface area contributed by atoms with Gasteiger partial charge in [0, 0.05) is 37.7 Å². The fourth-order valence-corrected chi connectivity index (χ4v) is 3.59. The third-order valence-electron chi connectivity index (χ3n) is 4.98. The molecule has 0 saturated carbocycles. The van der Waals surface area contributed by atoms with E-state index in [4.69, 9.17) is 4.98 Å². The van der Waals surface area contributed by atoms with Crippen LogP contribution in [0.5, 0.6) is 0 Å². The first kappa shape index (κ1) is 14.0. The number of aromatic amines is 1. The van der Waals surface area contributed by atoms with Gasteiger partial charge in [0.05, 0.1) is 17.0 Å². The van der Waals surface area contributed by atoms with E-state index in [0.717, 1.165) is 48.5 Å². The first-order valence-corrected chi connectivity index (χ1v) is 8.24. The number of rotatable bonds is 2. The van der Waals surface area contributed by atoms with Crippen molar-refractivity contribution in [1.29, 1.82) is 0 Å². The molecule has 22 heavy (non-hydrogen) atoms. The van der Waals surface area contributed by atoms with Gasteiger partial charge in [-0.25, -0.2) is 9.50 Å². The van der Waals surface area contributed by atoms with Crippen molar-refractivity contribution in [2.24, 2.45) is 0 Å². The van der Waals surface area contributed by atoms with Crippen molar-refractivity contribution in [3.63, 3.8) is 0 Å². The zero-order chi connectivity index (χ0) is 15.3. The molecular formula is C16H23N5O. The minimum Gasteiger partial charge on any atom is -0.309 e. The van der Waals surface area contributed by atoms with Gasteiger partial charge in [-0.15, -0.1) is 0 Å². The van der Waals surface area contributed by atoms with Crippen LogP contribution in [0.2, 0.25) is 0 Å². The molecule has 118 valence electrons. The maximum atomic E-state index is 12.8. The van der Waals surface area contributed by atoms with Crippen LogP contribution in [0.3, 0.4) is 0 Å². The largest absolute Gasteiger partial charge is 0.309 e. The van der Waals surface area contributed by atoms with E-state index in [-0.39, 0.29) is 5.56 Å². The molecule has 0 bridgehead atoms. The van der Waals surface area contributed by atoms with Crippen molar-refractivity contribution in [3.05, 3.63) is 33.4 Å². The minimum absolute atomic E-state index is 0.0644. The molecule has 2 aliphatic heterocycles. The second-order valence-electron chi connectivity index (χ2n) is 6.71. The smallest absolute Gasteiger partial charge is 0.277 e. The third kappa shape index (κ3) is 2.18. The molecule has 0 unspecified atom stereocenters. The van der Waals surface area contributed by atoms with Gasteiger partial charge in [0.1, 0.15) is 0 Å². The standard InChI is InChI=1S/C16H23N5O/c1-10(2)20-7-5-12-11(9-20)16(22)21-15(18-12)8-14(19-21)13-4-3-6-17-13/h8,10,13,17,19H,3-7,9H2,1-2H3/t13-/m0/s1. The summed E-state index contributed by atoms with van der Waals surface area (Å²) in [4.78, 5) is 19.9. The van der Waals surface area contributed by atoms with Gasteiger partial charge in [-0.1, -0.05) is 0 Å². The van der Waals surface area contributed by atoms with E-state index in [1.165, 1.54) is 6.42 Å². The molecule has 4 rings (SSSR count). The Morgan fingerprint density at radius 3 is 3.00 bits per heavy atom. The van der Waals surface area contributed by atoms with Crippen LogP contribution >= 0.6 is 0 Å². The van der Waals surface area contributed by atoms with Crippen LogP contribution in [0.1, 0.15) is 49.7 Å². The van der Waals surface area contributed by atoms with E-state index >= 15 is 0 Å². The van der Waals surface area contributed by atoms with E-state index in [1.54, 1.807) is 4.52 Å². The molecule has 6 nitrogen and oxygen atoms in total. The number of fused-ring (bicyclic) bond motifs is 2. The molecule has 0 aliphatic carbocycles.